The third-order valence-corrected chi connectivity index (χ3v) is 6.99. The van der Waals surface area contributed by atoms with E-state index in [0.717, 1.165) is 42.7 Å². The van der Waals surface area contributed by atoms with Gasteiger partial charge in [-0.3, -0.25) is 4.79 Å². The van der Waals surface area contributed by atoms with E-state index in [2.05, 4.69) is 16.3 Å². The van der Waals surface area contributed by atoms with Crippen LogP contribution in [0.1, 0.15) is 55.6 Å². The summed E-state index contributed by atoms with van der Waals surface area (Å²) < 4.78 is 59.7. The van der Waals surface area contributed by atoms with Crippen molar-refractivity contribution in [2.45, 2.75) is 64.8 Å². The Labute approximate surface area is 257 Å². The minimum atomic E-state index is -4.49. The number of para-hydroxylation sites is 2. The number of hydrogen-bond acceptors (Lipinski definition) is 7. The van der Waals surface area contributed by atoms with Crippen LogP contribution < -0.4 is 19.7 Å². The highest BCUT2D eigenvalue weighted by atomic mass is 19.4. The maximum atomic E-state index is 13.3. The van der Waals surface area contributed by atoms with Crippen LogP contribution in [0.4, 0.5) is 23.7 Å². The molecule has 0 aliphatic carbocycles. The van der Waals surface area contributed by atoms with Gasteiger partial charge in [0.15, 0.2) is 18.1 Å². The molecule has 0 saturated carbocycles. The quantitative estimate of drug-likeness (QED) is 0.273. The number of nitrogens with zero attached hydrogens (tertiary/aromatic N) is 2. The number of carbonyl (C=O) groups is 2. The molecule has 0 saturated heterocycles. The van der Waals surface area contributed by atoms with Crippen LogP contribution in [0.3, 0.4) is 0 Å². The maximum absolute atomic E-state index is 13.3. The third-order valence-electron chi connectivity index (χ3n) is 6.99. The van der Waals surface area contributed by atoms with Crippen LogP contribution >= 0.6 is 0 Å². The van der Waals surface area contributed by atoms with E-state index in [9.17, 15) is 22.8 Å². The maximum Gasteiger partial charge on any atom is 0.422 e. The lowest BCUT2D eigenvalue weighted by Gasteiger charge is -2.32. The van der Waals surface area contributed by atoms with Crippen molar-refractivity contribution >= 4 is 17.7 Å². The number of amides is 2. The van der Waals surface area contributed by atoms with Gasteiger partial charge in [0.05, 0.1) is 17.8 Å². The van der Waals surface area contributed by atoms with Crippen LogP contribution in [0.2, 0.25) is 0 Å². The van der Waals surface area contributed by atoms with Crippen molar-refractivity contribution in [2.24, 2.45) is 0 Å². The number of methoxy groups -OCH3 is 1. The third kappa shape index (κ3) is 10.2. The number of alkyl halides is 3. The molecule has 0 bridgehead atoms. The molecular formula is C32H44F3N3O6. The van der Waals surface area contributed by atoms with E-state index in [1.54, 1.807) is 47.1 Å². The fourth-order valence-electron chi connectivity index (χ4n) is 5.11. The molecule has 1 aliphatic heterocycles. The summed E-state index contributed by atoms with van der Waals surface area (Å²) in [4.78, 5) is 30.0. The predicted octanol–water partition coefficient (Wildman–Crippen LogP) is 5.63. The summed E-state index contributed by atoms with van der Waals surface area (Å²) in [6, 6.07) is 9.69. The van der Waals surface area contributed by atoms with E-state index in [0.29, 0.717) is 18.6 Å². The lowest BCUT2D eigenvalue weighted by atomic mass is 9.97. The van der Waals surface area contributed by atoms with Crippen LogP contribution in [0.25, 0.3) is 0 Å². The second kappa shape index (κ2) is 15.4. The standard InChI is InChI=1S/C32H44F3N3O6/c1-22(18-23-19-24-12-14-37(13-9-16-41-6)28(24)25(20-23)29(39)36-5)38(30(40)44-31(2,3)4)15-17-42-26-10-7-8-11-27(26)43-21-32(33,34)35/h7-8,10-11,19-20,22H,9,12-18,21H2,1-6H3,(H,36,39)/t22-/m1/s1. The monoisotopic (exact) mass is 623 g/mol. The lowest BCUT2D eigenvalue weighted by molar-refractivity contribution is -0.153. The molecule has 2 aromatic carbocycles. The molecule has 1 aliphatic rings. The summed E-state index contributed by atoms with van der Waals surface area (Å²) in [5, 5.41) is 2.75. The molecule has 1 atom stereocenters. The molecule has 1 N–H and O–H groups in total. The molecule has 2 aromatic rings. The summed E-state index contributed by atoms with van der Waals surface area (Å²) >= 11 is 0. The van der Waals surface area contributed by atoms with Crippen molar-refractivity contribution in [3.63, 3.8) is 0 Å². The Morgan fingerprint density at radius 2 is 1.75 bits per heavy atom. The number of rotatable bonds is 14. The molecule has 0 radical (unpaired) electrons. The van der Waals surface area contributed by atoms with Crippen molar-refractivity contribution in [2.75, 3.05) is 58.5 Å². The van der Waals surface area contributed by atoms with Gasteiger partial charge in [-0.1, -0.05) is 18.2 Å². The number of carbonyl (C=O) groups excluding carboxylic acids is 2. The molecule has 0 spiro atoms. The average molecular weight is 624 g/mol. The molecule has 44 heavy (non-hydrogen) atoms. The van der Waals surface area contributed by atoms with Gasteiger partial charge in [-0.25, -0.2) is 4.79 Å². The van der Waals surface area contributed by atoms with E-state index >= 15 is 0 Å². The number of benzene rings is 2. The smallest absolute Gasteiger partial charge is 0.422 e. The van der Waals surface area contributed by atoms with Gasteiger partial charge in [0.25, 0.3) is 5.91 Å². The van der Waals surface area contributed by atoms with Crippen LogP contribution in [0.15, 0.2) is 36.4 Å². The molecule has 0 fully saturated rings. The first-order chi connectivity index (χ1) is 20.7. The SMILES string of the molecule is CNC(=O)c1cc(C[C@@H](C)N(CCOc2ccccc2OCC(F)(F)F)C(=O)OC(C)(C)C)cc2c1N(CCCOC)CC2. The fraction of sp³-hybridized carbons (Fsp3) is 0.562. The van der Waals surface area contributed by atoms with Crippen LogP contribution in [0, 0.1) is 0 Å². The number of ether oxygens (including phenoxy) is 4. The zero-order chi connectivity index (χ0) is 32.5. The molecule has 0 aromatic heterocycles. The fourth-order valence-corrected chi connectivity index (χ4v) is 5.11. The molecule has 0 unspecified atom stereocenters. The Kier molecular flexibility index (Phi) is 12.2. The number of hydrogen-bond donors (Lipinski definition) is 1. The molecule has 244 valence electrons. The highest BCUT2D eigenvalue weighted by Crippen LogP contribution is 2.34. The molecule has 3 rings (SSSR count). The van der Waals surface area contributed by atoms with Gasteiger partial charge in [0.2, 0.25) is 0 Å². The zero-order valence-corrected chi connectivity index (χ0v) is 26.4. The van der Waals surface area contributed by atoms with Crippen molar-refractivity contribution in [1.29, 1.82) is 0 Å². The van der Waals surface area contributed by atoms with Gasteiger partial charge in [-0.05, 0) is 76.3 Å². The average Bonchev–Trinajstić information content (AvgIpc) is 3.35. The van der Waals surface area contributed by atoms with E-state index in [-0.39, 0.29) is 36.6 Å². The van der Waals surface area contributed by atoms with Gasteiger partial charge in [-0.15, -0.1) is 0 Å². The van der Waals surface area contributed by atoms with Crippen LogP contribution in [-0.2, 0) is 22.3 Å². The zero-order valence-electron chi connectivity index (χ0n) is 26.4. The summed E-state index contributed by atoms with van der Waals surface area (Å²) in [6.07, 6.45) is -2.96. The molecule has 12 heteroatoms. The highest BCUT2D eigenvalue weighted by Gasteiger charge is 2.30. The highest BCUT2D eigenvalue weighted by molar-refractivity contribution is 6.01. The van der Waals surface area contributed by atoms with Crippen LogP contribution in [0.5, 0.6) is 11.5 Å². The van der Waals surface area contributed by atoms with Crippen molar-refractivity contribution in [1.82, 2.24) is 10.2 Å². The van der Waals surface area contributed by atoms with Gasteiger partial charge >= 0.3 is 12.3 Å². The Hall–Kier alpha value is -3.67. The van der Waals surface area contributed by atoms with Crippen molar-refractivity contribution in [3.8, 4) is 11.5 Å². The summed E-state index contributed by atoms with van der Waals surface area (Å²) in [5.41, 5.74) is 2.74. The molecular weight excluding hydrogens is 579 g/mol. The van der Waals surface area contributed by atoms with E-state index < -0.39 is 24.5 Å². The first-order valence-corrected chi connectivity index (χ1v) is 14.7. The second-order valence-corrected chi connectivity index (χ2v) is 11.7. The first kappa shape index (κ1) is 34.8. The van der Waals surface area contributed by atoms with Gasteiger partial charge < -0.3 is 34.1 Å². The summed E-state index contributed by atoms with van der Waals surface area (Å²) in [5.74, 6) is -0.0894. The van der Waals surface area contributed by atoms with E-state index in [1.165, 1.54) is 17.0 Å². The van der Waals surface area contributed by atoms with Gasteiger partial charge in [0, 0.05) is 39.9 Å². The largest absolute Gasteiger partial charge is 0.488 e. The van der Waals surface area contributed by atoms with E-state index in [1.807, 2.05) is 13.0 Å². The predicted molar refractivity (Wildman–Crippen MR) is 162 cm³/mol. The molecule has 1 heterocycles. The lowest BCUT2D eigenvalue weighted by Crippen LogP contribution is -2.45. The Morgan fingerprint density at radius 1 is 1.07 bits per heavy atom. The normalized spacial score (nSPS) is 13.7. The van der Waals surface area contributed by atoms with Crippen LogP contribution in [-0.4, -0.2) is 88.3 Å². The summed E-state index contributed by atoms with van der Waals surface area (Å²) in [7, 11) is 3.27. The minimum absolute atomic E-state index is 0.0138. The molecule has 9 nitrogen and oxygen atoms in total. The minimum Gasteiger partial charge on any atom is -0.488 e. The number of halogens is 3. The number of fused-ring (bicyclic) bond motifs is 1. The molecule has 2 amide bonds. The van der Waals surface area contributed by atoms with Gasteiger partial charge in [-0.2, -0.15) is 13.2 Å². The van der Waals surface area contributed by atoms with E-state index in [4.69, 9.17) is 18.9 Å². The summed E-state index contributed by atoms with van der Waals surface area (Å²) in [6.45, 7) is 8.05. The van der Waals surface area contributed by atoms with Crippen molar-refractivity contribution < 1.29 is 41.7 Å². The number of anilines is 1. The first-order valence-electron chi connectivity index (χ1n) is 14.7. The topological polar surface area (TPSA) is 89.6 Å². The Bertz CT molecular complexity index is 1260. The Morgan fingerprint density at radius 3 is 2.36 bits per heavy atom. The number of nitrogens with one attached hydrogen (secondary N) is 1. The van der Waals surface area contributed by atoms with Crippen molar-refractivity contribution in [3.05, 3.63) is 53.1 Å². The Balaban J connectivity index is 1.79. The van der Waals surface area contributed by atoms with Gasteiger partial charge in [0.1, 0.15) is 12.2 Å². The second-order valence-electron chi connectivity index (χ2n) is 11.7.